The smallest absolute Gasteiger partial charge is 0.255 e. The van der Waals surface area contributed by atoms with Gasteiger partial charge < -0.3 is 4.90 Å². The van der Waals surface area contributed by atoms with Crippen LogP contribution in [0, 0.1) is 0 Å². The Kier molecular flexibility index (Phi) is 5.02. The topological polar surface area (TPSA) is 57.7 Å². The van der Waals surface area contributed by atoms with Crippen LogP contribution < -0.4 is 0 Å². The van der Waals surface area contributed by atoms with E-state index in [9.17, 15) is 13.2 Å². The first-order chi connectivity index (χ1) is 11.1. The number of likely N-dealkylation sites (tertiary alicyclic amines) is 1. The highest BCUT2D eigenvalue weighted by atomic mass is 32.2. The Bertz CT molecular complexity index is 660. The molecule has 23 heavy (non-hydrogen) atoms. The molecule has 0 atom stereocenters. The van der Waals surface area contributed by atoms with Gasteiger partial charge >= 0.3 is 0 Å². The molecule has 0 radical (unpaired) electrons. The third kappa shape index (κ3) is 3.43. The van der Waals surface area contributed by atoms with Crippen LogP contribution in [0.25, 0.3) is 0 Å². The average molecular weight is 336 g/mol. The molecular formula is C17H24N2O3S. The van der Waals surface area contributed by atoms with Crippen LogP contribution in [0.4, 0.5) is 0 Å². The van der Waals surface area contributed by atoms with Crippen LogP contribution in [0.15, 0.2) is 29.2 Å². The fraction of sp³-hybridized carbons (Fsp3) is 0.588. The number of carbonyl (C=O) groups excluding carboxylic acids is 1. The summed E-state index contributed by atoms with van der Waals surface area (Å²) in [4.78, 5) is 14.7. The van der Waals surface area contributed by atoms with Gasteiger partial charge in [-0.3, -0.25) is 4.79 Å². The van der Waals surface area contributed by atoms with Crippen LogP contribution in [0.1, 0.15) is 48.9 Å². The van der Waals surface area contributed by atoms with Gasteiger partial charge in [-0.05, 0) is 44.2 Å². The zero-order valence-corrected chi connectivity index (χ0v) is 14.2. The Morgan fingerprint density at radius 1 is 0.826 bits per heavy atom. The summed E-state index contributed by atoms with van der Waals surface area (Å²) in [6, 6.07) is 6.66. The van der Waals surface area contributed by atoms with E-state index < -0.39 is 10.0 Å². The van der Waals surface area contributed by atoms with E-state index in [1.807, 2.05) is 0 Å². The lowest BCUT2D eigenvalue weighted by molar-refractivity contribution is 0.0720. The van der Waals surface area contributed by atoms with Gasteiger partial charge in [-0.2, -0.15) is 4.31 Å². The zero-order valence-electron chi connectivity index (χ0n) is 13.4. The number of piperidine rings is 2. The number of nitrogens with zero attached hydrogens (tertiary/aromatic N) is 2. The Balaban J connectivity index is 1.92. The third-order valence-corrected chi connectivity index (χ3v) is 6.65. The summed E-state index contributed by atoms with van der Waals surface area (Å²) in [7, 11) is -3.59. The van der Waals surface area contributed by atoms with Crippen molar-refractivity contribution in [2.24, 2.45) is 0 Å². The number of hydrogen-bond donors (Lipinski definition) is 0. The van der Waals surface area contributed by atoms with Crippen LogP contribution in [0.2, 0.25) is 0 Å². The molecule has 6 heteroatoms. The van der Waals surface area contributed by atoms with Crippen molar-refractivity contribution in [3.63, 3.8) is 0 Å². The van der Waals surface area contributed by atoms with Crippen LogP contribution in [-0.4, -0.2) is 49.7 Å². The van der Waals surface area contributed by atoms with E-state index in [4.69, 9.17) is 0 Å². The van der Waals surface area contributed by atoms with Crippen LogP contribution in [0.5, 0.6) is 0 Å². The summed E-state index contributed by atoms with van der Waals surface area (Å²) in [5, 5.41) is 0. The van der Waals surface area contributed by atoms with Gasteiger partial charge in [0.15, 0.2) is 0 Å². The fourth-order valence-electron chi connectivity index (χ4n) is 3.38. The molecule has 1 aromatic carbocycles. The van der Waals surface area contributed by atoms with E-state index in [0.717, 1.165) is 51.6 Å². The maximum atomic E-state index is 13.0. The molecule has 3 rings (SSSR count). The maximum absolute atomic E-state index is 13.0. The van der Waals surface area contributed by atoms with E-state index >= 15 is 0 Å². The maximum Gasteiger partial charge on any atom is 0.255 e. The Morgan fingerprint density at radius 3 is 2.04 bits per heavy atom. The molecule has 0 spiro atoms. The highest BCUT2D eigenvalue weighted by Crippen LogP contribution is 2.25. The summed E-state index contributed by atoms with van der Waals surface area (Å²) in [5.41, 5.74) is 0.319. The summed E-state index contributed by atoms with van der Waals surface area (Å²) in [6.45, 7) is 2.54. The van der Waals surface area contributed by atoms with E-state index in [-0.39, 0.29) is 10.8 Å². The standard InChI is InChI=1S/C17H24N2O3S/c20-17(18-11-5-1-6-12-18)15-9-3-4-10-16(15)23(21,22)19-13-7-2-8-14-19/h3-4,9-10H,1-2,5-8,11-14H2. The molecule has 2 heterocycles. The second-order valence-electron chi connectivity index (χ2n) is 6.31. The van der Waals surface area contributed by atoms with E-state index in [1.54, 1.807) is 29.2 Å². The Morgan fingerprint density at radius 2 is 1.39 bits per heavy atom. The number of hydrogen-bond acceptors (Lipinski definition) is 3. The zero-order chi connectivity index (χ0) is 16.3. The first-order valence-corrected chi connectivity index (χ1v) is 9.93. The van der Waals surface area contributed by atoms with Crippen molar-refractivity contribution in [1.29, 1.82) is 0 Å². The lowest BCUT2D eigenvalue weighted by atomic mass is 10.1. The molecule has 2 saturated heterocycles. The number of benzene rings is 1. The van der Waals surface area contributed by atoms with Crippen molar-refractivity contribution in [1.82, 2.24) is 9.21 Å². The molecule has 2 aliphatic rings. The van der Waals surface area contributed by atoms with Gasteiger partial charge in [0.2, 0.25) is 10.0 Å². The third-order valence-electron chi connectivity index (χ3n) is 4.69. The van der Waals surface area contributed by atoms with E-state index in [1.165, 1.54) is 4.31 Å². The number of rotatable bonds is 3. The summed E-state index contributed by atoms with van der Waals surface area (Å²) >= 11 is 0. The molecule has 5 nitrogen and oxygen atoms in total. The molecule has 0 N–H and O–H groups in total. The first-order valence-electron chi connectivity index (χ1n) is 8.49. The molecule has 1 amide bonds. The number of carbonyl (C=O) groups is 1. The molecule has 2 fully saturated rings. The first kappa shape index (κ1) is 16.5. The Hall–Kier alpha value is -1.40. The minimum Gasteiger partial charge on any atom is -0.339 e. The predicted molar refractivity (Wildman–Crippen MR) is 88.8 cm³/mol. The monoisotopic (exact) mass is 336 g/mol. The van der Waals surface area contributed by atoms with Crippen molar-refractivity contribution in [2.45, 2.75) is 43.4 Å². The van der Waals surface area contributed by atoms with Gasteiger partial charge in [-0.1, -0.05) is 18.6 Å². The van der Waals surface area contributed by atoms with Crippen molar-refractivity contribution >= 4 is 15.9 Å². The highest BCUT2D eigenvalue weighted by Gasteiger charge is 2.31. The minimum absolute atomic E-state index is 0.152. The van der Waals surface area contributed by atoms with Gasteiger partial charge in [0, 0.05) is 26.2 Å². The molecule has 1 aromatic rings. The van der Waals surface area contributed by atoms with E-state index in [2.05, 4.69) is 0 Å². The van der Waals surface area contributed by atoms with Crippen LogP contribution in [0.3, 0.4) is 0 Å². The molecule has 126 valence electrons. The van der Waals surface area contributed by atoms with Crippen molar-refractivity contribution in [3.8, 4) is 0 Å². The normalized spacial score (nSPS) is 20.4. The second-order valence-corrected chi connectivity index (χ2v) is 8.22. The number of amides is 1. The average Bonchev–Trinajstić information content (AvgIpc) is 2.62. The van der Waals surface area contributed by atoms with Gasteiger partial charge in [0.25, 0.3) is 5.91 Å². The molecular weight excluding hydrogens is 312 g/mol. The summed E-state index contributed by atoms with van der Waals surface area (Å²) in [5.74, 6) is -0.152. The van der Waals surface area contributed by atoms with Crippen molar-refractivity contribution in [3.05, 3.63) is 29.8 Å². The van der Waals surface area contributed by atoms with Crippen molar-refractivity contribution < 1.29 is 13.2 Å². The summed E-state index contributed by atoms with van der Waals surface area (Å²) < 4.78 is 27.4. The lowest BCUT2D eigenvalue weighted by Crippen LogP contribution is -2.39. The van der Waals surface area contributed by atoms with Gasteiger partial charge in [0.1, 0.15) is 0 Å². The van der Waals surface area contributed by atoms with Gasteiger partial charge in [0.05, 0.1) is 10.5 Å². The SMILES string of the molecule is O=C(c1ccccc1S(=O)(=O)N1CCCCC1)N1CCCCC1. The molecule has 0 unspecified atom stereocenters. The molecule has 0 bridgehead atoms. The molecule has 0 aliphatic carbocycles. The summed E-state index contributed by atoms with van der Waals surface area (Å²) in [6.07, 6.45) is 5.97. The lowest BCUT2D eigenvalue weighted by Gasteiger charge is -2.29. The number of sulfonamides is 1. The predicted octanol–water partition coefficient (Wildman–Crippen LogP) is 2.49. The van der Waals surface area contributed by atoms with E-state index in [0.29, 0.717) is 18.7 Å². The minimum atomic E-state index is -3.59. The second kappa shape index (κ2) is 7.01. The van der Waals surface area contributed by atoms with Crippen LogP contribution in [-0.2, 0) is 10.0 Å². The molecule has 0 saturated carbocycles. The Labute approximate surface area is 138 Å². The van der Waals surface area contributed by atoms with Gasteiger partial charge in [-0.25, -0.2) is 8.42 Å². The fourth-order valence-corrected chi connectivity index (χ4v) is 5.08. The van der Waals surface area contributed by atoms with Crippen LogP contribution >= 0.6 is 0 Å². The molecule has 0 aromatic heterocycles. The highest BCUT2D eigenvalue weighted by molar-refractivity contribution is 7.89. The van der Waals surface area contributed by atoms with Crippen molar-refractivity contribution in [2.75, 3.05) is 26.2 Å². The van der Waals surface area contributed by atoms with Gasteiger partial charge in [-0.15, -0.1) is 0 Å². The quantitative estimate of drug-likeness (QED) is 0.852. The largest absolute Gasteiger partial charge is 0.339 e. The molecule has 2 aliphatic heterocycles.